The average Bonchev–Trinajstić information content (AvgIpc) is 2.38. The molecule has 1 aliphatic rings. The Kier molecular flexibility index (Phi) is 3.71. The number of nitrogens with one attached hydrogen (secondary N) is 2. The van der Waals surface area contributed by atoms with Gasteiger partial charge in [-0.3, -0.25) is 0 Å². The zero-order valence-corrected chi connectivity index (χ0v) is 11.4. The molecule has 0 bridgehead atoms. The first-order valence-corrected chi connectivity index (χ1v) is 6.09. The lowest BCUT2D eigenvalue weighted by molar-refractivity contribution is -0.136. The van der Waals surface area contributed by atoms with Crippen LogP contribution in [0.1, 0.15) is 18.5 Å². The normalized spacial score (nSPS) is 18.6. The summed E-state index contributed by atoms with van der Waals surface area (Å²) in [6.45, 7) is 1.77. The minimum absolute atomic E-state index is 0.167. The van der Waals surface area contributed by atoms with E-state index in [-0.39, 0.29) is 11.8 Å². The highest BCUT2D eigenvalue weighted by Gasteiger charge is 2.30. The zero-order chi connectivity index (χ0) is 14.0. The number of hydrogen-bond acceptors (Lipinski definition) is 4. The molecule has 1 unspecified atom stereocenters. The molecule has 3 N–H and O–H groups in total. The van der Waals surface area contributed by atoms with E-state index in [9.17, 15) is 9.90 Å². The van der Waals surface area contributed by atoms with E-state index < -0.39 is 5.97 Å². The lowest BCUT2D eigenvalue weighted by atomic mass is 9.96. The molecule has 0 saturated carbocycles. The van der Waals surface area contributed by atoms with Gasteiger partial charge in [-0.05, 0) is 36.8 Å². The van der Waals surface area contributed by atoms with Crippen molar-refractivity contribution < 1.29 is 14.6 Å². The van der Waals surface area contributed by atoms with Gasteiger partial charge in [0.1, 0.15) is 5.75 Å². The summed E-state index contributed by atoms with van der Waals surface area (Å²) in [5.41, 5.74) is 1.96. The van der Waals surface area contributed by atoms with Crippen molar-refractivity contribution in [2.24, 2.45) is 0 Å². The number of hydrogen-bond donors (Lipinski definition) is 3. The van der Waals surface area contributed by atoms with Gasteiger partial charge in [0, 0.05) is 5.70 Å². The standard InChI is InChI=1S/C13H14N2O3S/c1-7-10(12(17)18-2)11(15-13(19)14-7)8-3-5-9(16)6-4-8/h3-6,11,16H,1-2H3,(H2,14,15,19). The molecule has 0 aromatic heterocycles. The Hall–Kier alpha value is -2.08. The summed E-state index contributed by atoms with van der Waals surface area (Å²) >= 11 is 5.10. The molecule has 6 heteroatoms. The summed E-state index contributed by atoms with van der Waals surface area (Å²) in [6.07, 6.45) is 0. The van der Waals surface area contributed by atoms with Gasteiger partial charge in [-0.25, -0.2) is 4.79 Å². The number of rotatable bonds is 2. The van der Waals surface area contributed by atoms with Crippen molar-refractivity contribution in [3.05, 3.63) is 41.1 Å². The van der Waals surface area contributed by atoms with Crippen LogP contribution in [0.25, 0.3) is 0 Å². The van der Waals surface area contributed by atoms with E-state index in [2.05, 4.69) is 10.6 Å². The zero-order valence-electron chi connectivity index (χ0n) is 10.6. The topological polar surface area (TPSA) is 70.6 Å². The monoisotopic (exact) mass is 278 g/mol. The van der Waals surface area contributed by atoms with Crippen molar-refractivity contribution in [3.63, 3.8) is 0 Å². The summed E-state index contributed by atoms with van der Waals surface area (Å²) in [5.74, 6) is -0.251. The van der Waals surface area contributed by atoms with E-state index in [0.717, 1.165) is 5.56 Å². The van der Waals surface area contributed by atoms with E-state index in [0.29, 0.717) is 16.4 Å². The third-order valence-corrected chi connectivity index (χ3v) is 3.12. The van der Waals surface area contributed by atoms with Gasteiger partial charge in [0.15, 0.2) is 5.11 Å². The maximum Gasteiger partial charge on any atom is 0.337 e. The van der Waals surface area contributed by atoms with Crippen LogP contribution in [0.4, 0.5) is 0 Å². The van der Waals surface area contributed by atoms with Crippen molar-refractivity contribution in [2.75, 3.05) is 7.11 Å². The number of thiocarbonyl (C=S) groups is 1. The molecule has 1 aliphatic heterocycles. The molecule has 1 aromatic carbocycles. The molecule has 19 heavy (non-hydrogen) atoms. The molecule has 1 heterocycles. The van der Waals surface area contributed by atoms with Crippen molar-refractivity contribution >= 4 is 23.3 Å². The molecule has 2 rings (SSSR count). The Bertz CT molecular complexity index is 552. The average molecular weight is 278 g/mol. The van der Waals surface area contributed by atoms with Crippen LogP contribution in [-0.2, 0) is 9.53 Å². The third kappa shape index (κ3) is 2.68. The minimum Gasteiger partial charge on any atom is -0.508 e. The number of benzene rings is 1. The second-order valence-electron chi connectivity index (χ2n) is 4.15. The Labute approximate surface area is 116 Å². The molecule has 0 fully saturated rings. The summed E-state index contributed by atoms with van der Waals surface area (Å²) in [4.78, 5) is 11.9. The van der Waals surface area contributed by atoms with Gasteiger partial charge in [0.05, 0.1) is 18.7 Å². The molecule has 0 aliphatic carbocycles. The summed E-state index contributed by atoms with van der Waals surface area (Å²) in [6, 6.07) is 6.20. The third-order valence-electron chi connectivity index (χ3n) is 2.90. The van der Waals surface area contributed by atoms with Gasteiger partial charge in [-0.1, -0.05) is 12.1 Å². The van der Waals surface area contributed by atoms with Gasteiger partial charge in [0.25, 0.3) is 0 Å². The maximum atomic E-state index is 11.9. The fourth-order valence-electron chi connectivity index (χ4n) is 1.99. The summed E-state index contributed by atoms with van der Waals surface area (Å²) < 4.78 is 4.80. The van der Waals surface area contributed by atoms with E-state index >= 15 is 0 Å². The number of ether oxygens (including phenoxy) is 1. The first-order chi connectivity index (χ1) is 9.02. The quantitative estimate of drug-likeness (QED) is 0.560. The smallest absolute Gasteiger partial charge is 0.337 e. The first kappa shape index (κ1) is 13.4. The van der Waals surface area contributed by atoms with Gasteiger partial charge in [-0.15, -0.1) is 0 Å². The second kappa shape index (κ2) is 5.27. The molecule has 100 valence electrons. The van der Waals surface area contributed by atoms with Gasteiger partial charge in [0.2, 0.25) is 0 Å². The lowest BCUT2D eigenvalue weighted by Gasteiger charge is -2.29. The van der Waals surface area contributed by atoms with Crippen LogP contribution < -0.4 is 10.6 Å². The number of phenols is 1. The predicted octanol–water partition coefficient (Wildman–Crippen LogP) is 1.36. The number of esters is 1. The Morgan fingerprint density at radius 3 is 2.58 bits per heavy atom. The van der Waals surface area contributed by atoms with Gasteiger partial charge < -0.3 is 20.5 Å². The first-order valence-electron chi connectivity index (χ1n) is 5.68. The van der Waals surface area contributed by atoms with E-state index in [1.54, 1.807) is 31.2 Å². The molecule has 0 radical (unpaired) electrons. The maximum absolute atomic E-state index is 11.9. The molecular weight excluding hydrogens is 264 g/mol. The molecule has 0 saturated heterocycles. The van der Waals surface area contributed by atoms with Crippen molar-refractivity contribution in [2.45, 2.75) is 13.0 Å². The lowest BCUT2D eigenvalue weighted by Crippen LogP contribution is -2.45. The van der Waals surface area contributed by atoms with Crippen LogP contribution in [0, 0.1) is 0 Å². The number of methoxy groups -OCH3 is 1. The molecule has 0 spiro atoms. The summed E-state index contributed by atoms with van der Waals surface area (Å²) in [7, 11) is 1.34. The van der Waals surface area contributed by atoms with Crippen molar-refractivity contribution in [3.8, 4) is 5.75 Å². The second-order valence-corrected chi connectivity index (χ2v) is 4.56. The van der Waals surface area contributed by atoms with Gasteiger partial charge in [-0.2, -0.15) is 0 Å². The van der Waals surface area contributed by atoms with Crippen molar-refractivity contribution in [1.29, 1.82) is 0 Å². The van der Waals surface area contributed by atoms with Crippen LogP contribution in [0.15, 0.2) is 35.5 Å². The van der Waals surface area contributed by atoms with E-state index in [1.165, 1.54) is 7.11 Å². The molecule has 5 nitrogen and oxygen atoms in total. The minimum atomic E-state index is -0.418. The van der Waals surface area contributed by atoms with Crippen LogP contribution in [-0.4, -0.2) is 23.3 Å². The number of allylic oxidation sites excluding steroid dienone is 1. The van der Waals surface area contributed by atoms with Crippen LogP contribution in [0.5, 0.6) is 5.75 Å². The highest BCUT2D eigenvalue weighted by Crippen LogP contribution is 2.28. The molecule has 0 amide bonds. The summed E-state index contributed by atoms with van der Waals surface area (Å²) in [5, 5.41) is 15.7. The van der Waals surface area contributed by atoms with Crippen LogP contribution in [0.2, 0.25) is 0 Å². The highest BCUT2D eigenvalue weighted by molar-refractivity contribution is 7.80. The predicted molar refractivity (Wildman–Crippen MR) is 74.4 cm³/mol. The fourth-order valence-corrected chi connectivity index (χ4v) is 2.26. The molecule has 1 atom stereocenters. The van der Waals surface area contributed by atoms with Gasteiger partial charge >= 0.3 is 5.97 Å². The molecular formula is C13H14N2O3S. The number of aromatic hydroxyl groups is 1. The van der Waals surface area contributed by atoms with Crippen LogP contribution >= 0.6 is 12.2 Å². The number of phenolic OH excluding ortho intramolecular Hbond substituents is 1. The van der Waals surface area contributed by atoms with Crippen molar-refractivity contribution in [1.82, 2.24) is 10.6 Å². The SMILES string of the molecule is COC(=O)C1=C(C)NC(=S)NC1c1ccc(O)cc1. The van der Waals surface area contributed by atoms with E-state index in [4.69, 9.17) is 17.0 Å². The fraction of sp³-hybridized carbons (Fsp3) is 0.231. The number of carbonyl (C=O) groups is 1. The largest absolute Gasteiger partial charge is 0.508 e. The number of carbonyl (C=O) groups excluding carboxylic acids is 1. The van der Waals surface area contributed by atoms with E-state index in [1.807, 2.05) is 0 Å². The molecule has 1 aromatic rings. The Balaban J connectivity index is 2.46. The van der Waals surface area contributed by atoms with Crippen LogP contribution in [0.3, 0.4) is 0 Å². The highest BCUT2D eigenvalue weighted by atomic mass is 32.1. The Morgan fingerprint density at radius 2 is 2.00 bits per heavy atom. The Morgan fingerprint density at radius 1 is 1.37 bits per heavy atom.